The van der Waals surface area contributed by atoms with E-state index in [0.717, 1.165) is 39.9 Å². The van der Waals surface area contributed by atoms with Gasteiger partial charge in [-0.1, -0.05) is 18.2 Å². The van der Waals surface area contributed by atoms with Crippen molar-refractivity contribution in [2.75, 3.05) is 18.5 Å². The molecule has 4 aliphatic heterocycles. The zero-order valence-corrected chi connectivity index (χ0v) is 30.6. The van der Waals surface area contributed by atoms with Crippen LogP contribution >= 0.6 is 11.3 Å². The highest BCUT2D eigenvalue weighted by atomic mass is 32.1. The Morgan fingerprint density at radius 2 is 1.35 bits per heavy atom. The summed E-state index contributed by atoms with van der Waals surface area (Å²) >= 11 is 1.68. The second kappa shape index (κ2) is 13.9. The van der Waals surface area contributed by atoms with Gasteiger partial charge in [0.1, 0.15) is 11.5 Å². The molecular formula is C42H41N5O4S. The predicted octanol–water partition coefficient (Wildman–Crippen LogP) is 8.98. The number of benzene rings is 3. The lowest BCUT2D eigenvalue weighted by molar-refractivity contribution is 0.0809. The number of rotatable bonds is 10. The van der Waals surface area contributed by atoms with Crippen molar-refractivity contribution in [2.45, 2.75) is 65.1 Å². The second-order valence-corrected chi connectivity index (χ2v) is 15.0. The molecule has 2 atom stereocenters. The molecule has 5 heterocycles. The van der Waals surface area contributed by atoms with E-state index in [-0.39, 0.29) is 23.9 Å². The topological polar surface area (TPSA) is 95.8 Å². The van der Waals surface area contributed by atoms with Crippen molar-refractivity contribution in [3.8, 4) is 11.5 Å². The molecule has 0 saturated carbocycles. The van der Waals surface area contributed by atoms with Gasteiger partial charge in [0.2, 0.25) is 0 Å². The molecule has 8 rings (SSSR count). The lowest BCUT2D eigenvalue weighted by Crippen LogP contribution is -2.32. The number of hydrogen-bond acceptors (Lipinski definition) is 8. The van der Waals surface area contributed by atoms with Crippen molar-refractivity contribution in [1.29, 1.82) is 0 Å². The number of nitrogens with zero attached hydrogens (tertiary/aromatic N) is 4. The van der Waals surface area contributed by atoms with Gasteiger partial charge < -0.3 is 24.6 Å². The number of nitrogens with one attached hydrogen (secondary N) is 1. The van der Waals surface area contributed by atoms with Gasteiger partial charge in [0.05, 0.1) is 47.8 Å². The molecule has 4 aromatic rings. The van der Waals surface area contributed by atoms with Crippen molar-refractivity contribution < 1.29 is 19.1 Å². The van der Waals surface area contributed by atoms with Crippen LogP contribution in [0.4, 0.5) is 17.1 Å². The first-order valence-electron chi connectivity index (χ1n) is 17.8. The minimum atomic E-state index is -0.135. The summed E-state index contributed by atoms with van der Waals surface area (Å²) in [5.74, 6) is 1.29. The van der Waals surface area contributed by atoms with E-state index in [0.29, 0.717) is 66.1 Å². The molecule has 52 heavy (non-hydrogen) atoms. The number of carbonyl (C=O) groups excluding carboxylic acids is 2. The van der Waals surface area contributed by atoms with E-state index in [2.05, 4.69) is 54.9 Å². The second-order valence-electron chi connectivity index (χ2n) is 14.0. The average molecular weight is 712 g/mol. The third-order valence-corrected chi connectivity index (χ3v) is 10.7. The first kappa shape index (κ1) is 33.7. The molecule has 264 valence electrons. The number of carbonyl (C=O) groups is 2. The van der Waals surface area contributed by atoms with E-state index >= 15 is 0 Å². The first-order chi connectivity index (χ1) is 25.2. The Morgan fingerprint density at radius 1 is 0.788 bits per heavy atom. The molecule has 0 bridgehead atoms. The molecule has 3 aromatic carbocycles. The smallest absolute Gasteiger partial charge is 0.260 e. The Morgan fingerprint density at radius 3 is 1.88 bits per heavy atom. The summed E-state index contributed by atoms with van der Waals surface area (Å²) in [7, 11) is 0. The number of aryl methyl sites for hydroxylation is 2. The number of thiophene rings is 1. The van der Waals surface area contributed by atoms with Crippen molar-refractivity contribution >= 4 is 63.8 Å². The molecule has 1 N–H and O–H groups in total. The minimum absolute atomic E-state index is 0.0448. The van der Waals surface area contributed by atoms with Crippen LogP contribution in [0.3, 0.4) is 0 Å². The molecule has 9 nitrogen and oxygen atoms in total. The van der Waals surface area contributed by atoms with Gasteiger partial charge in [0, 0.05) is 72.8 Å². The fraction of sp³-hybridized carbons (Fsp3) is 0.286. The normalized spacial score (nSPS) is 18.7. The fourth-order valence-electron chi connectivity index (χ4n) is 7.14. The highest BCUT2D eigenvalue weighted by molar-refractivity contribution is 7.11. The summed E-state index contributed by atoms with van der Waals surface area (Å²) in [4.78, 5) is 41.5. The van der Waals surface area contributed by atoms with Crippen LogP contribution < -0.4 is 14.8 Å². The highest BCUT2D eigenvalue weighted by Gasteiger charge is 2.34. The van der Waals surface area contributed by atoms with E-state index in [9.17, 15) is 9.59 Å². The monoisotopic (exact) mass is 711 g/mol. The number of hydrogen-bond donors (Lipinski definition) is 1. The Bertz CT molecular complexity index is 2170. The molecule has 4 aliphatic rings. The number of anilines is 1. The Kier molecular flexibility index (Phi) is 9.01. The highest BCUT2D eigenvalue weighted by Crippen LogP contribution is 2.39. The Balaban J connectivity index is 0.879. The lowest BCUT2D eigenvalue weighted by atomic mass is 10.0. The largest absolute Gasteiger partial charge is 0.493 e. The third kappa shape index (κ3) is 6.54. The van der Waals surface area contributed by atoms with Crippen LogP contribution in [0.25, 0.3) is 11.1 Å². The van der Waals surface area contributed by atoms with Crippen molar-refractivity contribution in [2.24, 2.45) is 9.98 Å². The quantitative estimate of drug-likeness (QED) is 0.166. The van der Waals surface area contributed by atoms with Gasteiger partial charge in [-0.15, -0.1) is 11.3 Å². The van der Waals surface area contributed by atoms with Gasteiger partial charge in [0.15, 0.2) is 0 Å². The summed E-state index contributed by atoms with van der Waals surface area (Å²) in [5, 5.41) is 5.47. The number of ether oxygens (including phenoxy) is 2. The van der Waals surface area contributed by atoms with Crippen LogP contribution in [0.2, 0.25) is 0 Å². The third-order valence-electron chi connectivity index (χ3n) is 9.80. The van der Waals surface area contributed by atoms with Crippen LogP contribution in [0.15, 0.2) is 88.4 Å². The summed E-state index contributed by atoms with van der Waals surface area (Å²) in [6.07, 6.45) is 9.79. The van der Waals surface area contributed by atoms with E-state index in [4.69, 9.17) is 19.5 Å². The molecule has 0 aliphatic carbocycles. The van der Waals surface area contributed by atoms with Crippen LogP contribution in [0.1, 0.15) is 75.4 Å². The van der Waals surface area contributed by atoms with E-state index in [1.807, 2.05) is 69.0 Å². The van der Waals surface area contributed by atoms with Gasteiger partial charge in [-0.3, -0.25) is 19.6 Å². The Hall–Kier alpha value is -5.48. The first-order valence-corrected chi connectivity index (χ1v) is 18.7. The summed E-state index contributed by atoms with van der Waals surface area (Å²) in [5.41, 5.74) is 8.61. The molecule has 1 aromatic heterocycles. The fourth-order valence-corrected chi connectivity index (χ4v) is 7.88. The zero-order chi connectivity index (χ0) is 35.9. The average Bonchev–Trinajstić information content (AvgIpc) is 3.89. The molecule has 2 amide bonds. The van der Waals surface area contributed by atoms with Gasteiger partial charge in [0.25, 0.3) is 11.8 Å². The van der Waals surface area contributed by atoms with Crippen molar-refractivity contribution in [1.82, 2.24) is 9.80 Å². The summed E-state index contributed by atoms with van der Waals surface area (Å²) in [6, 6.07) is 20.1. The maximum Gasteiger partial charge on any atom is 0.260 e. The maximum absolute atomic E-state index is 13.7. The predicted molar refractivity (Wildman–Crippen MR) is 209 cm³/mol. The molecule has 0 saturated heterocycles. The molecule has 0 unspecified atom stereocenters. The summed E-state index contributed by atoms with van der Waals surface area (Å²) < 4.78 is 12.3. The van der Waals surface area contributed by atoms with Crippen molar-refractivity contribution in [3.63, 3.8) is 0 Å². The minimum Gasteiger partial charge on any atom is -0.493 e. The van der Waals surface area contributed by atoms with E-state index < -0.39 is 0 Å². The molecule has 0 fully saturated rings. The number of aliphatic imine (C=N–C) groups is 2. The van der Waals surface area contributed by atoms with E-state index in [1.54, 1.807) is 21.1 Å². The van der Waals surface area contributed by atoms with Gasteiger partial charge >= 0.3 is 0 Å². The van der Waals surface area contributed by atoms with Crippen LogP contribution in [0, 0.1) is 13.8 Å². The van der Waals surface area contributed by atoms with Gasteiger partial charge in [-0.05, 0) is 91.2 Å². The lowest BCUT2D eigenvalue weighted by Gasteiger charge is -2.19. The number of amides is 2. The van der Waals surface area contributed by atoms with Gasteiger partial charge in [-0.2, -0.15) is 0 Å². The summed E-state index contributed by atoms with van der Waals surface area (Å²) in [6.45, 7) is 9.00. The molecular weight excluding hydrogens is 671 g/mol. The molecule has 10 heteroatoms. The molecule has 0 radical (unpaired) electrons. The Labute approximate surface area is 308 Å². The van der Waals surface area contributed by atoms with E-state index in [1.165, 1.54) is 4.88 Å². The van der Waals surface area contributed by atoms with Crippen LogP contribution in [-0.4, -0.2) is 65.4 Å². The standard InChI is InChI=1S/C42H41N5O4S/c1-25(2)45-31-10-8-28(9-11-31)29-17-32-21-43-36-19-38(26(3)15-34(36)41(48)46(32)23-29)50-12-6-13-51-39-20-37-35(16-27(39)4)42(49)47-24-30(18-33(47)22-44-37)40-7-5-14-52-40/h5,7-11,14-16,19-25,32-33,45H,6,12-13,17-18H2,1-4H3/t32-,33-/m0/s1. The molecule has 0 spiro atoms. The number of fused-ring (bicyclic) bond motifs is 4. The van der Waals surface area contributed by atoms with Crippen LogP contribution in [-0.2, 0) is 0 Å². The zero-order valence-electron chi connectivity index (χ0n) is 29.8. The van der Waals surface area contributed by atoms with Crippen molar-refractivity contribution in [3.05, 3.63) is 111 Å². The maximum atomic E-state index is 13.7. The van der Waals surface area contributed by atoms with Crippen LogP contribution in [0.5, 0.6) is 11.5 Å². The van der Waals surface area contributed by atoms with Gasteiger partial charge in [-0.25, -0.2) is 0 Å². The SMILES string of the molecule is Cc1cc2c(cc1OCCCOc1cc3c(cc1C)C(=O)N1C=C(c4cccs4)C[C@H]1C=N3)N=C[C@@H]1CC(c3ccc(NC(C)C)cc3)=CN1C2=O.